The van der Waals surface area contributed by atoms with Crippen LogP contribution in [-0.4, -0.2) is 13.5 Å². The van der Waals surface area contributed by atoms with Crippen LogP contribution in [0.5, 0.6) is 0 Å². The fraction of sp³-hybridized carbons (Fsp3) is 0.200. The van der Waals surface area contributed by atoms with Crippen LogP contribution in [0.1, 0.15) is 16.7 Å². The Morgan fingerprint density at radius 2 is 1.86 bits per heavy atom. The molecule has 0 unspecified atom stereocenters. The molecule has 0 fully saturated rings. The van der Waals surface area contributed by atoms with E-state index >= 15 is 0 Å². The van der Waals surface area contributed by atoms with E-state index in [1.807, 2.05) is 13.0 Å². The molecule has 2 N–H and O–H groups in total. The Balaban J connectivity index is 2.44. The third kappa shape index (κ3) is 3.64. The largest absolute Gasteiger partial charge is 0.392 e. The van der Waals surface area contributed by atoms with Gasteiger partial charge in [0, 0.05) is 10.2 Å². The summed E-state index contributed by atoms with van der Waals surface area (Å²) in [4.78, 5) is 0.178. The van der Waals surface area contributed by atoms with Crippen molar-refractivity contribution >= 4 is 31.6 Å². The first-order valence-electron chi connectivity index (χ1n) is 6.33. The second-order valence-electron chi connectivity index (χ2n) is 4.82. The maximum atomic E-state index is 12.5. The van der Waals surface area contributed by atoms with Crippen molar-refractivity contribution in [2.24, 2.45) is 0 Å². The Morgan fingerprint density at radius 3 is 2.48 bits per heavy atom. The van der Waals surface area contributed by atoms with Gasteiger partial charge in [-0.1, -0.05) is 28.1 Å². The number of aliphatic hydroxyl groups is 1. The third-order valence-electron chi connectivity index (χ3n) is 3.17. The highest BCUT2D eigenvalue weighted by molar-refractivity contribution is 9.10. The van der Waals surface area contributed by atoms with Crippen molar-refractivity contribution in [2.75, 3.05) is 4.72 Å². The van der Waals surface area contributed by atoms with Crippen LogP contribution in [-0.2, 0) is 16.6 Å². The zero-order chi connectivity index (χ0) is 15.6. The van der Waals surface area contributed by atoms with E-state index in [2.05, 4.69) is 20.7 Å². The van der Waals surface area contributed by atoms with Gasteiger partial charge in [-0.05, 0) is 54.8 Å². The van der Waals surface area contributed by atoms with Crippen molar-refractivity contribution in [3.05, 3.63) is 57.6 Å². The molecule has 2 rings (SSSR count). The minimum Gasteiger partial charge on any atom is -0.392 e. The molecular formula is C15H16BrNO3S. The lowest BCUT2D eigenvalue weighted by Crippen LogP contribution is -2.15. The molecule has 21 heavy (non-hydrogen) atoms. The van der Waals surface area contributed by atoms with Crippen molar-refractivity contribution < 1.29 is 13.5 Å². The molecular weight excluding hydrogens is 354 g/mol. The summed E-state index contributed by atoms with van der Waals surface area (Å²) in [5, 5.41) is 9.30. The Morgan fingerprint density at radius 1 is 1.14 bits per heavy atom. The molecule has 2 aromatic carbocycles. The maximum Gasteiger partial charge on any atom is 0.262 e. The lowest BCUT2D eigenvalue weighted by atomic mass is 10.1. The summed E-state index contributed by atoms with van der Waals surface area (Å²) in [6.07, 6.45) is 0. The van der Waals surface area contributed by atoms with Crippen LogP contribution in [0.4, 0.5) is 5.69 Å². The molecule has 0 radical (unpaired) electrons. The number of rotatable bonds is 4. The van der Waals surface area contributed by atoms with E-state index in [1.165, 1.54) is 6.07 Å². The van der Waals surface area contributed by atoms with Gasteiger partial charge in [0.1, 0.15) is 0 Å². The second-order valence-corrected chi connectivity index (χ2v) is 7.38. The van der Waals surface area contributed by atoms with Crippen LogP contribution in [0.15, 0.2) is 45.8 Å². The average Bonchev–Trinajstić information content (AvgIpc) is 2.37. The van der Waals surface area contributed by atoms with Gasteiger partial charge >= 0.3 is 0 Å². The minimum atomic E-state index is -3.69. The minimum absolute atomic E-state index is 0.178. The van der Waals surface area contributed by atoms with Crippen LogP contribution in [0, 0.1) is 13.8 Å². The summed E-state index contributed by atoms with van der Waals surface area (Å²) in [5.41, 5.74) is 2.61. The first kappa shape index (κ1) is 16.0. The molecule has 112 valence electrons. The van der Waals surface area contributed by atoms with Gasteiger partial charge in [0.2, 0.25) is 0 Å². The molecule has 0 aliphatic carbocycles. The summed E-state index contributed by atoms with van der Waals surface area (Å²) in [6, 6.07) is 10.2. The number of benzene rings is 2. The monoisotopic (exact) mass is 369 g/mol. The Labute approximate surface area is 133 Å². The van der Waals surface area contributed by atoms with Crippen LogP contribution in [0.3, 0.4) is 0 Å². The van der Waals surface area contributed by atoms with Crippen LogP contribution >= 0.6 is 15.9 Å². The Bertz CT molecular complexity index is 772. The van der Waals surface area contributed by atoms with Crippen molar-refractivity contribution in [2.45, 2.75) is 25.3 Å². The molecule has 0 aliphatic heterocycles. The van der Waals surface area contributed by atoms with Crippen molar-refractivity contribution in [1.82, 2.24) is 0 Å². The van der Waals surface area contributed by atoms with E-state index in [-0.39, 0.29) is 11.5 Å². The molecule has 0 aliphatic rings. The molecule has 0 amide bonds. The van der Waals surface area contributed by atoms with E-state index in [4.69, 9.17) is 0 Å². The summed E-state index contributed by atoms with van der Waals surface area (Å²) in [6.45, 7) is 3.39. The number of halogens is 1. The van der Waals surface area contributed by atoms with E-state index in [0.29, 0.717) is 16.8 Å². The van der Waals surface area contributed by atoms with Gasteiger partial charge in [-0.3, -0.25) is 4.72 Å². The van der Waals surface area contributed by atoms with Crippen molar-refractivity contribution in [3.8, 4) is 0 Å². The van der Waals surface area contributed by atoms with Crippen LogP contribution < -0.4 is 4.72 Å². The zero-order valence-electron chi connectivity index (χ0n) is 11.7. The smallest absolute Gasteiger partial charge is 0.262 e. The van der Waals surface area contributed by atoms with Crippen LogP contribution in [0.2, 0.25) is 0 Å². The van der Waals surface area contributed by atoms with E-state index in [9.17, 15) is 13.5 Å². The molecule has 0 saturated heterocycles. The summed E-state index contributed by atoms with van der Waals surface area (Å²) in [7, 11) is -3.69. The third-order valence-corrected chi connectivity index (χ3v) is 5.19. The number of anilines is 1. The van der Waals surface area contributed by atoms with Gasteiger partial charge in [-0.25, -0.2) is 8.42 Å². The standard InChI is InChI=1S/C15H16BrNO3S/c1-10-6-11(2)15(7-12(10)9-18)21(19,20)17-14-5-3-4-13(16)8-14/h3-8,17-18H,9H2,1-2H3. The average molecular weight is 370 g/mol. The maximum absolute atomic E-state index is 12.5. The SMILES string of the molecule is Cc1cc(C)c(S(=O)(=O)Nc2cccc(Br)c2)cc1CO. The normalized spacial score (nSPS) is 11.4. The molecule has 4 nitrogen and oxygen atoms in total. The first-order valence-corrected chi connectivity index (χ1v) is 8.60. The molecule has 0 atom stereocenters. The number of hydrogen-bond donors (Lipinski definition) is 2. The van der Waals surface area contributed by atoms with E-state index in [0.717, 1.165) is 10.0 Å². The van der Waals surface area contributed by atoms with Crippen LogP contribution in [0.25, 0.3) is 0 Å². The molecule has 0 bridgehead atoms. The highest BCUT2D eigenvalue weighted by Gasteiger charge is 2.18. The van der Waals surface area contributed by atoms with Gasteiger partial charge in [0.25, 0.3) is 10.0 Å². The lowest BCUT2D eigenvalue weighted by Gasteiger charge is -2.13. The van der Waals surface area contributed by atoms with Gasteiger partial charge < -0.3 is 5.11 Å². The fourth-order valence-corrected chi connectivity index (χ4v) is 3.82. The Hall–Kier alpha value is -1.37. The lowest BCUT2D eigenvalue weighted by molar-refractivity contribution is 0.280. The van der Waals surface area contributed by atoms with Gasteiger partial charge in [0.15, 0.2) is 0 Å². The molecule has 0 heterocycles. The molecule has 0 aromatic heterocycles. The molecule has 6 heteroatoms. The summed E-state index contributed by atoms with van der Waals surface area (Å²) in [5.74, 6) is 0. The van der Waals surface area contributed by atoms with Crippen molar-refractivity contribution in [3.63, 3.8) is 0 Å². The second kappa shape index (κ2) is 6.17. The van der Waals surface area contributed by atoms with Gasteiger partial charge in [0.05, 0.1) is 11.5 Å². The number of hydrogen-bond acceptors (Lipinski definition) is 3. The van der Waals surface area contributed by atoms with E-state index < -0.39 is 10.0 Å². The fourth-order valence-electron chi connectivity index (χ4n) is 2.10. The van der Waals surface area contributed by atoms with Crippen molar-refractivity contribution in [1.29, 1.82) is 0 Å². The highest BCUT2D eigenvalue weighted by Crippen LogP contribution is 2.24. The number of nitrogens with one attached hydrogen (secondary N) is 1. The Kier molecular flexibility index (Phi) is 4.70. The number of sulfonamides is 1. The molecule has 2 aromatic rings. The quantitative estimate of drug-likeness (QED) is 0.867. The molecule has 0 spiro atoms. The summed E-state index contributed by atoms with van der Waals surface area (Å²) >= 11 is 3.30. The number of aryl methyl sites for hydroxylation is 2. The van der Waals surface area contributed by atoms with Gasteiger partial charge in [-0.2, -0.15) is 0 Å². The van der Waals surface area contributed by atoms with Gasteiger partial charge in [-0.15, -0.1) is 0 Å². The zero-order valence-corrected chi connectivity index (χ0v) is 14.1. The predicted octanol–water partition coefficient (Wildman–Crippen LogP) is 3.36. The predicted molar refractivity (Wildman–Crippen MR) is 86.8 cm³/mol. The highest BCUT2D eigenvalue weighted by atomic mass is 79.9. The number of aliphatic hydroxyl groups excluding tert-OH is 1. The topological polar surface area (TPSA) is 66.4 Å². The molecule has 0 saturated carbocycles. The van der Waals surface area contributed by atoms with E-state index in [1.54, 1.807) is 31.2 Å². The first-order chi connectivity index (χ1) is 9.83. The summed E-state index contributed by atoms with van der Waals surface area (Å²) < 4.78 is 28.3.